The molecule has 1 spiro atoms. The number of nitrogens with one attached hydrogen (secondary N) is 1. The van der Waals surface area contributed by atoms with Crippen molar-refractivity contribution in [2.45, 2.75) is 24.5 Å². The van der Waals surface area contributed by atoms with Crippen LogP contribution in [-0.2, 0) is 10.3 Å². The Labute approximate surface area is 119 Å². The van der Waals surface area contributed by atoms with Crippen LogP contribution in [0.15, 0.2) is 54.6 Å². The van der Waals surface area contributed by atoms with Crippen LogP contribution in [0.1, 0.15) is 35.6 Å². The first-order valence-electron chi connectivity index (χ1n) is 7.42. The van der Waals surface area contributed by atoms with E-state index < -0.39 is 0 Å². The standard InChI is InChI=1S/C18H19NO/c1-2-7-14(8-3-1)17-15-9-4-5-10-16(15)18(20-17)11-6-12-19-13-18/h1-5,7-10,17,19H,6,11-13H2. The molecule has 2 heterocycles. The molecule has 102 valence electrons. The molecule has 2 aliphatic heterocycles. The van der Waals surface area contributed by atoms with Crippen LogP contribution in [0.3, 0.4) is 0 Å². The van der Waals surface area contributed by atoms with Crippen LogP contribution in [0.5, 0.6) is 0 Å². The lowest BCUT2D eigenvalue weighted by molar-refractivity contribution is -0.0748. The number of hydrogen-bond donors (Lipinski definition) is 1. The zero-order chi connectivity index (χ0) is 13.4. The van der Waals surface area contributed by atoms with Gasteiger partial charge in [0.1, 0.15) is 11.7 Å². The summed E-state index contributed by atoms with van der Waals surface area (Å²) in [5.74, 6) is 0. The largest absolute Gasteiger partial charge is 0.356 e. The normalized spacial score (nSPS) is 28.5. The highest BCUT2D eigenvalue weighted by Crippen LogP contribution is 2.49. The predicted octanol–water partition coefficient (Wildman–Crippen LogP) is 3.38. The Kier molecular flexibility index (Phi) is 2.86. The molecule has 1 N–H and O–H groups in total. The second kappa shape index (κ2) is 4.72. The number of benzene rings is 2. The maximum atomic E-state index is 6.58. The van der Waals surface area contributed by atoms with Gasteiger partial charge >= 0.3 is 0 Å². The van der Waals surface area contributed by atoms with Crippen LogP contribution in [0.4, 0.5) is 0 Å². The molecular formula is C18H19NO. The Morgan fingerprint density at radius 2 is 1.80 bits per heavy atom. The molecule has 4 rings (SSSR count). The van der Waals surface area contributed by atoms with E-state index in [0.29, 0.717) is 0 Å². The van der Waals surface area contributed by atoms with E-state index in [9.17, 15) is 0 Å². The first-order chi connectivity index (χ1) is 9.89. The Hall–Kier alpha value is -1.64. The Balaban J connectivity index is 1.81. The lowest BCUT2D eigenvalue weighted by atomic mass is 9.85. The average molecular weight is 265 g/mol. The van der Waals surface area contributed by atoms with E-state index in [1.54, 1.807) is 0 Å². The Morgan fingerprint density at radius 1 is 1.00 bits per heavy atom. The molecule has 0 amide bonds. The average Bonchev–Trinajstić information content (AvgIpc) is 2.84. The summed E-state index contributed by atoms with van der Waals surface area (Å²) < 4.78 is 6.58. The van der Waals surface area contributed by atoms with Gasteiger partial charge in [0.25, 0.3) is 0 Å². The van der Waals surface area contributed by atoms with Gasteiger partial charge in [0.2, 0.25) is 0 Å². The fraction of sp³-hybridized carbons (Fsp3) is 0.333. The van der Waals surface area contributed by atoms with Crippen molar-refractivity contribution in [1.29, 1.82) is 0 Å². The molecule has 1 fully saturated rings. The molecule has 1 saturated heterocycles. The van der Waals surface area contributed by atoms with E-state index in [2.05, 4.69) is 59.9 Å². The summed E-state index contributed by atoms with van der Waals surface area (Å²) in [4.78, 5) is 0. The third-order valence-electron chi connectivity index (χ3n) is 4.52. The SMILES string of the molecule is c1ccc(C2OC3(CCCNC3)c3ccccc32)cc1. The van der Waals surface area contributed by atoms with Crippen molar-refractivity contribution in [2.75, 3.05) is 13.1 Å². The monoisotopic (exact) mass is 265 g/mol. The summed E-state index contributed by atoms with van der Waals surface area (Å²) in [6.07, 6.45) is 2.36. The number of ether oxygens (including phenoxy) is 1. The molecule has 2 heteroatoms. The van der Waals surface area contributed by atoms with Gasteiger partial charge in [0.15, 0.2) is 0 Å². The summed E-state index contributed by atoms with van der Waals surface area (Å²) in [7, 11) is 0. The Morgan fingerprint density at radius 3 is 2.60 bits per heavy atom. The number of rotatable bonds is 1. The third-order valence-corrected chi connectivity index (χ3v) is 4.52. The quantitative estimate of drug-likeness (QED) is 0.853. The van der Waals surface area contributed by atoms with Crippen LogP contribution in [0.2, 0.25) is 0 Å². The highest BCUT2D eigenvalue weighted by Gasteiger charge is 2.45. The van der Waals surface area contributed by atoms with Crippen LogP contribution >= 0.6 is 0 Å². The molecule has 2 aromatic rings. The van der Waals surface area contributed by atoms with Gasteiger partial charge < -0.3 is 10.1 Å². The molecule has 2 aliphatic rings. The summed E-state index contributed by atoms with van der Waals surface area (Å²) in [6.45, 7) is 2.02. The molecule has 2 aromatic carbocycles. The van der Waals surface area contributed by atoms with Gasteiger partial charge in [-0.2, -0.15) is 0 Å². The van der Waals surface area contributed by atoms with Gasteiger partial charge in [0, 0.05) is 6.54 Å². The van der Waals surface area contributed by atoms with E-state index in [0.717, 1.165) is 19.5 Å². The smallest absolute Gasteiger partial charge is 0.109 e. The first kappa shape index (κ1) is 12.1. The van der Waals surface area contributed by atoms with Crippen LogP contribution in [-0.4, -0.2) is 13.1 Å². The second-order valence-electron chi connectivity index (χ2n) is 5.77. The zero-order valence-electron chi connectivity index (χ0n) is 11.5. The Bertz CT molecular complexity index is 602. The van der Waals surface area contributed by atoms with Crippen LogP contribution in [0, 0.1) is 0 Å². The fourth-order valence-electron chi connectivity index (χ4n) is 3.58. The molecular weight excluding hydrogens is 246 g/mol. The van der Waals surface area contributed by atoms with Crippen LogP contribution < -0.4 is 5.32 Å². The lowest BCUT2D eigenvalue weighted by Gasteiger charge is -2.35. The van der Waals surface area contributed by atoms with E-state index in [1.165, 1.54) is 23.1 Å². The molecule has 0 radical (unpaired) electrons. The van der Waals surface area contributed by atoms with Crippen molar-refractivity contribution in [1.82, 2.24) is 5.32 Å². The maximum absolute atomic E-state index is 6.58. The minimum absolute atomic E-state index is 0.0762. The summed E-state index contributed by atoms with van der Waals surface area (Å²) in [6, 6.07) is 19.3. The van der Waals surface area contributed by atoms with Gasteiger partial charge in [0.05, 0.1) is 0 Å². The molecule has 20 heavy (non-hydrogen) atoms. The first-order valence-corrected chi connectivity index (χ1v) is 7.42. The summed E-state index contributed by atoms with van der Waals surface area (Å²) >= 11 is 0. The van der Waals surface area contributed by atoms with Gasteiger partial charge in [-0.15, -0.1) is 0 Å². The molecule has 0 aromatic heterocycles. The molecule has 2 nitrogen and oxygen atoms in total. The third kappa shape index (κ3) is 1.80. The molecule has 2 atom stereocenters. The van der Waals surface area contributed by atoms with Crippen molar-refractivity contribution < 1.29 is 4.74 Å². The summed E-state index contributed by atoms with van der Waals surface area (Å²) in [5, 5.41) is 3.51. The second-order valence-corrected chi connectivity index (χ2v) is 5.77. The molecule has 2 unspecified atom stereocenters. The highest BCUT2D eigenvalue weighted by molar-refractivity contribution is 5.43. The van der Waals surface area contributed by atoms with Crippen molar-refractivity contribution in [3.63, 3.8) is 0 Å². The topological polar surface area (TPSA) is 21.3 Å². The van der Waals surface area contributed by atoms with Crippen LogP contribution in [0.25, 0.3) is 0 Å². The predicted molar refractivity (Wildman–Crippen MR) is 79.6 cm³/mol. The summed E-state index contributed by atoms with van der Waals surface area (Å²) in [5.41, 5.74) is 3.83. The number of hydrogen-bond acceptors (Lipinski definition) is 2. The minimum atomic E-state index is -0.130. The van der Waals surface area contributed by atoms with Gasteiger partial charge in [-0.1, -0.05) is 54.6 Å². The van der Waals surface area contributed by atoms with Crippen molar-refractivity contribution in [3.8, 4) is 0 Å². The maximum Gasteiger partial charge on any atom is 0.109 e. The zero-order valence-corrected chi connectivity index (χ0v) is 11.5. The van der Waals surface area contributed by atoms with Crippen molar-refractivity contribution >= 4 is 0 Å². The molecule has 0 aliphatic carbocycles. The van der Waals surface area contributed by atoms with Gasteiger partial charge in [-0.3, -0.25) is 0 Å². The van der Waals surface area contributed by atoms with E-state index >= 15 is 0 Å². The molecule has 0 bridgehead atoms. The minimum Gasteiger partial charge on any atom is -0.356 e. The molecule has 0 saturated carbocycles. The van der Waals surface area contributed by atoms with E-state index in [4.69, 9.17) is 4.74 Å². The van der Waals surface area contributed by atoms with Gasteiger partial charge in [-0.25, -0.2) is 0 Å². The van der Waals surface area contributed by atoms with Crippen molar-refractivity contribution in [3.05, 3.63) is 71.3 Å². The van der Waals surface area contributed by atoms with E-state index in [-0.39, 0.29) is 11.7 Å². The van der Waals surface area contributed by atoms with Crippen molar-refractivity contribution in [2.24, 2.45) is 0 Å². The number of fused-ring (bicyclic) bond motifs is 2. The van der Waals surface area contributed by atoms with E-state index in [1.807, 2.05) is 0 Å². The lowest BCUT2D eigenvalue weighted by Crippen LogP contribution is -2.43. The highest BCUT2D eigenvalue weighted by atomic mass is 16.5. The fourth-order valence-corrected chi connectivity index (χ4v) is 3.58. The van der Waals surface area contributed by atoms with Gasteiger partial charge in [-0.05, 0) is 36.1 Å². The number of piperidine rings is 1.